The Balaban J connectivity index is 1.90. The largest absolute Gasteiger partial charge is 0.334 e. The normalized spacial score (nSPS) is 22.9. The minimum absolute atomic E-state index is 0.0206. The molecule has 2 rings (SSSR count). The Morgan fingerprint density at radius 1 is 1.37 bits per heavy atom. The zero-order valence-corrected chi connectivity index (χ0v) is 10.7. The summed E-state index contributed by atoms with van der Waals surface area (Å²) in [4.78, 5) is 11.7. The third-order valence-corrected chi connectivity index (χ3v) is 3.08. The van der Waals surface area contributed by atoms with Crippen LogP contribution in [0.25, 0.3) is 0 Å². The summed E-state index contributed by atoms with van der Waals surface area (Å²) < 4.78 is 26.1. The fourth-order valence-corrected chi connectivity index (χ4v) is 2.20. The summed E-state index contributed by atoms with van der Waals surface area (Å²) in [5, 5.41) is 8.35. The van der Waals surface area contributed by atoms with Crippen LogP contribution in [-0.2, 0) is 0 Å². The van der Waals surface area contributed by atoms with Gasteiger partial charge in [-0.2, -0.15) is 0 Å². The first-order chi connectivity index (χ1) is 9.04. The van der Waals surface area contributed by atoms with Crippen LogP contribution >= 0.6 is 0 Å². The molecule has 3 N–H and O–H groups in total. The van der Waals surface area contributed by atoms with Gasteiger partial charge in [-0.1, -0.05) is 6.92 Å². The second-order valence-electron chi connectivity index (χ2n) is 4.92. The summed E-state index contributed by atoms with van der Waals surface area (Å²) in [5.41, 5.74) is -0.0317. The van der Waals surface area contributed by atoms with E-state index in [4.69, 9.17) is 0 Å². The molecule has 1 fully saturated rings. The number of amides is 2. The molecular weight excluding hydrogens is 252 g/mol. The molecule has 104 valence electrons. The summed E-state index contributed by atoms with van der Waals surface area (Å²) in [5.74, 6) is -0.972. The highest BCUT2D eigenvalue weighted by atomic mass is 19.1. The lowest BCUT2D eigenvalue weighted by atomic mass is 9.98. The number of hydrogen-bond acceptors (Lipinski definition) is 2. The summed E-state index contributed by atoms with van der Waals surface area (Å²) in [7, 11) is 0. The van der Waals surface area contributed by atoms with Crippen molar-refractivity contribution in [1.29, 1.82) is 0 Å². The lowest BCUT2D eigenvalue weighted by Gasteiger charge is -2.28. The zero-order chi connectivity index (χ0) is 13.8. The van der Waals surface area contributed by atoms with E-state index in [2.05, 4.69) is 22.9 Å². The molecule has 0 spiro atoms. The van der Waals surface area contributed by atoms with E-state index in [1.165, 1.54) is 6.07 Å². The van der Waals surface area contributed by atoms with Gasteiger partial charge < -0.3 is 16.0 Å². The van der Waals surface area contributed by atoms with Crippen molar-refractivity contribution in [3.63, 3.8) is 0 Å². The van der Waals surface area contributed by atoms with Gasteiger partial charge in [-0.05, 0) is 31.0 Å². The highest BCUT2D eigenvalue weighted by molar-refractivity contribution is 5.89. The van der Waals surface area contributed by atoms with E-state index >= 15 is 0 Å². The molecule has 1 aliphatic heterocycles. The molecule has 2 atom stereocenters. The molecule has 4 nitrogen and oxygen atoms in total. The van der Waals surface area contributed by atoms with Crippen molar-refractivity contribution >= 4 is 11.7 Å². The SMILES string of the molecule is CC1CNCC(NC(=O)Nc2ccc(F)cc2F)C1. The van der Waals surface area contributed by atoms with E-state index in [9.17, 15) is 13.6 Å². The number of nitrogens with one attached hydrogen (secondary N) is 3. The van der Waals surface area contributed by atoms with Crippen LogP contribution in [0, 0.1) is 17.6 Å². The fourth-order valence-electron chi connectivity index (χ4n) is 2.20. The predicted octanol–water partition coefficient (Wildman–Crippen LogP) is 2.08. The molecule has 0 aromatic heterocycles. The van der Waals surface area contributed by atoms with Gasteiger partial charge in [0.2, 0.25) is 0 Å². The smallest absolute Gasteiger partial charge is 0.319 e. The lowest BCUT2D eigenvalue weighted by molar-refractivity contribution is 0.241. The van der Waals surface area contributed by atoms with Crippen LogP contribution in [0.2, 0.25) is 0 Å². The predicted molar refractivity (Wildman–Crippen MR) is 69.0 cm³/mol. The first kappa shape index (κ1) is 13.7. The van der Waals surface area contributed by atoms with E-state index in [0.29, 0.717) is 12.5 Å². The Morgan fingerprint density at radius 3 is 2.84 bits per heavy atom. The Bertz CT molecular complexity index is 467. The third-order valence-electron chi connectivity index (χ3n) is 3.08. The molecule has 0 aliphatic carbocycles. The molecule has 1 heterocycles. The number of urea groups is 1. The molecule has 1 aliphatic rings. The van der Waals surface area contributed by atoms with Gasteiger partial charge in [0.15, 0.2) is 0 Å². The molecule has 0 saturated carbocycles. The van der Waals surface area contributed by atoms with Crippen LogP contribution < -0.4 is 16.0 Å². The summed E-state index contributed by atoms with van der Waals surface area (Å²) in [6.45, 7) is 3.73. The standard InChI is InChI=1S/C13H17F2N3O/c1-8-4-10(7-16-6-8)17-13(19)18-12-3-2-9(14)5-11(12)15/h2-3,5,8,10,16H,4,6-7H2,1H3,(H2,17,18,19). The highest BCUT2D eigenvalue weighted by Gasteiger charge is 2.20. The zero-order valence-electron chi connectivity index (χ0n) is 10.7. The van der Waals surface area contributed by atoms with Crippen LogP contribution in [0.3, 0.4) is 0 Å². The van der Waals surface area contributed by atoms with Crippen LogP contribution in [0.5, 0.6) is 0 Å². The van der Waals surface area contributed by atoms with Crippen molar-refractivity contribution in [2.24, 2.45) is 5.92 Å². The highest BCUT2D eigenvalue weighted by Crippen LogP contribution is 2.15. The van der Waals surface area contributed by atoms with Crippen molar-refractivity contribution < 1.29 is 13.6 Å². The number of piperidine rings is 1. The third kappa shape index (κ3) is 3.89. The quantitative estimate of drug-likeness (QED) is 0.770. The first-order valence-corrected chi connectivity index (χ1v) is 6.28. The lowest BCUT2D eigenvalue weighted by Crippen LogP contribution is -2.49. The summed E-state index contributed by atoms with van der Waals surface area (Å²) >= 11 is 0. The fraction of sp³-hybridized carbons (Fsp3) is 0.462. The van der Waals surface area contributed by atoms with E-state index in [1.54, 1.807) is 0 Å². The molecular formula is C13H17F2N3O. The first-order valence-electron chi connectivity index (χ1n) is 6.28. The molecule has 0 bridgehead atoms. The minimum Gasteiger partial charge on any atom is -0.334 e. The van der Waals surface area contributed by atoms with Gasteiger partial charge in [0.05, 0.1) is 5.69 Å². The van der Waals surface area contributed by atoms with E-state index in [0.717, 1.165) is 25.1 Å². The van der Waals surface area contributed by atoms with Gasteiger partial charge in [-0.15, -0.1) is 0 Å². The monoisotopic (exact) mass is 269 g/mol. The van der Waals surface area contributed by atoms with Gasteiger partial charge in [0.25, 0.3) is 0 Å². The van der Waals surface area contributed by atoms with Gasteiger partial charge in [0, 0.05) is 18.7 Å². The van der Waals surface area contributed by atoms with Crippen LogP contribution in [0.15, 0.2) is 18.2 Å². The van der Waals surface area contributed by atoms with Gasteiger partial charge >= 0.3 is 6.03 Å². The van der Waals surface area contributed by atoms with Crippen molar-refractivity contribution in [3.05, 3.63) is 29.8 Å². The van der Waals surface area contributed by atoms with E-state index < -0.39 is 17.7 Å². The van der Waals surface area contributed by atoms with Crippen molar-refractivity contribution in [3.8, 4) is 0 Å². The summed E-state index contributed by atoms with van der Waals surface area (Å²) in [6, 6.07) is 2.58. The second-order valence-corrected chi connectivity index (χ2v) is 4.92. The molecule has 1 saturated heterocycles. The van der Waals surface area contributed by atoms with Crippen molar-refractivity contribution in [2.45, 2.75) is 19.4 Å². The molecule has 0 radical (unpaired) electrons. The minimum atomic E-state index is -0.787. The number of rotatable bonds is 2. The molecule has 1 aromatic rings. The van der Waals surface area contributed by atoms with E-state index in [1.807, 2.05) is 0 Å². The van der Waals surface area contributed by atoms with Gasteiger partial charge in [0.1, 0.15) is 11.6 Å². The van der Waals surface area contributed by atoms with Crippen molar-refractivity contribution in [2.75, 3.05) is 18.4 Å². The molecule has 1 aromatic carbocycles. The van der Waals surface area contributed by atoms with Crippen LogP contribution in [0.4, 0.5) is 19.3 Å². The van der Waals surface area contributed by atoms with Crippen molar-refractivity contribution in [1.82, 2.24) is 10.6 Å². The average Bonchev–Trinajstić information content (AvgIpc) is 2.33. The maximum atomic E-state index is 13.4. The molecule has 19 heavy (non-hydrogen) atoms. The van der Waals surface area contributed by atoms with Gasteiger partial charge in [-0.3, -0.25) is 0 Å². The maximum Gasteiger partial charge on any atom is 0.319 e. The van der Waals surface area contributed by atoms with E-state index in [-0.39, 0.29) is 11.7 Å². The van der Waals surface area contributed by atoms with Gasteiger partial charge in [-0.25, -0.2) is 13.6 Å². The number of carbonyl (C=O) groups excluding carboxylic acids is 1. The number of benzene rings is 1. The average molecular weight is 269 g/mol. The Morgan fingerprint density at radius 2 is 2.16 bits per heavy atom. The number of halogens is 2. The molecule has 2 unspecified atom stereocenters. The number of anilines is 1. The Kier molecular flexibility index (Phi) is 4.31. The maximum absolute atomic E-state index is 13.4. The number of hydrogen-bond donors (Lipinski definition) is 3. The van der Waals surface area contributed by atoms with Crippen LogP contribution in [-0.4, -0.2) is 25.2 Å². The second kappa shape index (κ2) is 5.97. The van der Waals surface area contributed by atoms with Crippen LogP contribution in [0.1, 0.15) is 13.3 Å². The number of carbonyl (C=O) groups is 1. The topological polar surface area (TPSA) is 53.2 Å². The Hall–Kier alpha value is -1.69. The molecule has 6 heteroatoms. The summed E-state index contributed by atoms with van der Waals surface area (Å²) in [6.07, 6.45) is 0.881. The Labute approximate surface area is 110 Å². The molecule has 2 amide bonds.